The number of hydrogen-bond acceptors (Lipinski definition) is 4. The number of benzene rings is 1. The van der Waals surface area contributed by atoms with Gasteiger partial charge in [-0.1, -0.05) is 6.07 Å². The van der Waals surface area contributed by atoms with E-state index in [0.717, 1.165) is 25.1 Å². The third-order valence-electron chi connectivity index (χ3n) is 3.21. The zero-order valence-corrected chi connectivity index (χ0v) is 11.3. The first kappa shape index (κ1) is 15.6. The van der Waals surface area contributed by atoms with Crippen molar-refractivity contribution >= 4 is 6.03 Å². The molecule has 2 rings (SSSR count). The lowest BCUT2D eigenvalue weighted by Gasteiger charge is -2.15. The van der Waals surface area contributed by atoms with Crippen LogP contribution in [0, 0.1) is 11.6 Å². The van der Waals surface area contributed by atoms with E-state index in [4.69, 9.17) is 0 Å². The summed E-state index contributed by atoms with van der Waals surface area (Å²) in [5, 5.41) is 14.9. The van der Waals surface area contributed by atoms with Crippen LogP contribution in [0.2, 0.25) is 0 Å². The highest BCUT2D eigenvalue weighted by Crippen LogP contribution is 2.17. The summed E-state index contributed by atoms with van der Waals surface area (Å²) in [5.41, 5.74) is 5.88. The Bertz CT molecular complexity index is 495. The van der Waals surface area contributed by atoms with Crippen LogP contribution in [0.1, 0.15) is 18.1 Å². The summed E-state index contributed by atoms with van der Waals surface area (Å²) in [4.78, 5) is 11.5. The van der Waals surface area contributed by atoms with Gasteiger partial charge in [-0.25, -0.2) is 13.6 Å². The van der Waals surface area contributed by atoms with E-state index in [-0.39, 0.29) is 18.2 Å². The lowest BCUT2D eigenvalue weighted by molar-refractivity contribution is 0.168. The number of nitrogens with one attached hydrogen (secondary N) is 4. The molecule has 6 nitrogen and oxygen atoms in total. The first-order valence-electron chi connectivity index (χ1n) is 6.69. The normalized spacial score (nSPS) is 19.3. The third kappa shape index (κ3) is 4.62. The second-order valence-electron chi connectivity index (χ2n) is 4.83. The molecule has 116 valence electrons. The Morgan fingerprint density at radius 2 is 2.24 bits per heavy atom. The van der Waals surface area contributed by atoms with E-state index in [2.05, 4.69) is 21.5 Å². The summed E-state index contributed by atoms with van der Waals surface area (Å²) in [6, 6.07) is 2.61. The summed E-state index contributed by atoms with van der Waals surface area (Å²) >= 11 is 0. The summed E-state index contributed by atoms with van der Waals surface area (Å²) < 4.78 is 26.2. The molecule has 1 aliphatic rings. The summed E-state index contributed by atoms with van der Waals surface area (Å²) in [7, 11) is 0. The fraction of sp³-hybridized carbons (Fsp3) is 0.462. The number of aliphatic hydroxyl groups excluding tert-OH is 1. The number of hydrazine groups is 1. The van der Waals surface area contributed by atoms with Crippen molar-refractivity contribution in [1.82, 2.24) is 21.5 Å². The van der Waals surface area contributed by atoms with E-state index in [1.165, 1.54) is 0 Å². The average Bonchev–Trinajstić information content (AvgIpc) is 2.95. The van der Waals surface area contributed by atoms with Crippen molar-refractivity contribution in [3.05, 3.63) is 35.4 Å². The van der Waals surface area contributed by atoms with Gasteiger partial charge in [-0.05, 0) is 12.5 Å². The SMILES string of the molecule is O=C(NCC1CCNN1)NCC(O)c1ccc(F)cc1F. The molecule has 0 aliphatic carbocycles. The summed E-state index contributed by atoms with van der Waals surface area (Å²) in [6.45, 7) is 1.13. The van der Waals surface area contributed by atoms with Crippen LogP contribution >= 0.6 is 0 Å². The van der Waals surface area contributed by atoms with E-state index in [0.29, 0.717) is 12.6 Å². The van der Waals surface area contributed by atoms with Crippen molar-refractivity contribution in [3.8, 4) is 0 Å². The molecule has 2 unspecified atom stereocenters. The fourth-order valence-electron chi connectivity index (χ4n) is 2.04. The van der Waals surface area contributed by atoms with Crippen LogP contribution in [0.25, 0.3) is 0 Å². The molecule has 0 spiro atoms. The molecule has 1 heterocycles. The van der Waals surface area contributed by atoms with Gasteiger partial charge in [0.15, 0.2) is 0 Å². The molecule has 21 heavy (non-hydrogen) atoms. The Kier molecular flexibility index (Phi) is 5.43. The number of carbonyl (C=O) groups is 1. The highest BCUT2D eigenvalue weighted by atomic mass is 19.1. The standard InChI is InChI=1S/C13H18F2N4O2/c14-8-1-2-10(11(15)5-8)12(20)7-17-13(21)16-6-9-3-4-18-19-9/h1-2,5,9,12,18-20H,3-4,6-7H2,(H2,16,17,21). The lowest BCUT2D eigenvalue weighted by atomic mass is 10.1. The van der Waals surface area contributed by atoms with Gasteiger partial charge in [-0.15, -0.1) is 0 Å². The topological polar surface area (TPSA) is 85.4 Å². The Balaban J connectivity index is 1.74. The average molecular weight is 300 g/mol. The monoisotopic (exact) mass is 300 g/mol. The minimum atomic E-state index is -1.23. The minimum Gasteiger partial charge on any atom is -0.386 e. The van der Waals surface area contributed by atoms with Crippen molar-refractivity contribution in [2.24, 2.45) is 0 Å². The van der Waals surface area contributed by atoms with Crippen LogP contribution in [0.4, 0.5) is 13.6 Å². The summed E-state index contributed by atoms with van der Waals surface area (Å²) in [6.07, 6.45) is -0.327. The smallest absolute Gasteiger partial charge is 0.314 e. The molecule has 0 saturated carbocycles. The van der Waals surface area contributed by atoms with Crippen molar-refractivity contribution in [2.45, 2.75) is 18.6 Å². The largest absolute Gasteiger partial charge is 0.386 e. The summed E-state index contributed by atoms with van der Waals surface area (Å²) in [5.74, 6) is -1.56. The molecule has 1 aromatic rings. The highest BCUT2D eigenvalue weighted by molar-refractivity contribution is 5.73. The molecule has 0 bridgehead atoms. The second-order valence-corrected chi connectivity index (χ2v) is 4.83. The van der Waals surface area contributed by atoms with Gasteiger partial charge in [-0.3, -0.25) is 10.9 Å². The molecule has 5 N–H and O–H groups in total. The Morgan fingerprint density at radius 3 is 2.90 bits per heavy atom. The third-order valence-corrected chi connectivity index (χ3v) is 3.21. The Hall–Kier alpha value is -1.77. The number of urea groups is 1. The number of carbonyl (C=O) groups excluding carboxylic acids is 1. The number of amides is 2. The Labute approximate surface area is 120 Å². The number of hydrogen-bond donors (Lipinski definition) is 5. The van der Waals surface area contributed by atoms with Crippen LogP contribution < -0.4 is 21.5 Å². The van der Waals surface area contributed by atoms with Crippen molar-refractivity contribution < 1.29 is 18.7 Å². The van der Waals surface area contributed by atoms with E-state index < -0.39 is 23.8 Å². The number of halogens is 2. The van der Waals surface area contributed by atoms with Gasteiger partial charge >= 0.3 is 6.03 Å². The van der Waals surface area contributed by atoms with Crippen molar-refractivity contribution in [3.63, 3.8) is 0 Å². The molecule has 2 atom stereocenters. The van der Waals surface area contributed by atoms with E-state index in [1.807, 2.05) is 0 Å². The molecule has 1 aliphatic heterocycles. The zero-order chi connectivity index (χ0) is 15.2. The van der Waals surface area contributed by atoms with Crippen LogP contribution in [0.3, 0.4) is 0 Å². The van der Waals surface area contributed by atoms with Crippen LogP contribution in [0.5, 0.6) is 0 Å². The Morgan fingerprint density at radius 1 is 1.43 bits per heavy atom. The molecule has 0 aromatic heterocycles. The molecular weight excluding hydrogens is 282 g/mol. The van der Waals surface area contributed by atoms with Crippen molar-refractivity contribution in [1.29, 1.82) is 0 Å². The van der Waals surface area contributed by atoms with E-state index in [1.54, 1.807) is 0 Å². The first-order chi connectivity index (χ1) is 10.1. The van der Waals surface area contributed by atoms with E-state index in [9.17, 15) is 18.7 Å². The minimum absolute atomic E-state index is 0.0571. The number of aliphatic hydroxyl groups is 1. The van der Waals surface area contributed by atoms with Crippen LogP contribution in [-0.2, 0) is 0 Å². The molecule has 0 radical (unpaired) electrons. The number of rotatable bonds is 5. The first-order valence-corrected chi connectivity index (χ1v) is 6.69. The second kappa shape index (κ2) is 7.30. The highest BCUT2D eigenvalue weighted by Gasteiger charge is 2.16. The van der Waals surface area contributed by atoms with Crippen LogP contribution in [0.15, 0.2) is 18.2 Å². The molecule has 1 aromatic carbocycles. The van der Waals surface area contributed by atoms with Gasteiger partial charge in [0.2, 0.25) is 0 Å². The lowest BCUT2D eigenvalue weighted by Crippen LogP contribution is -2.44. The maximum atomic E-state index is 13.4. The fourth-order valence-corrected chi connectivity index (χ4v) is 2.04. The molecule has 1 saturated heterocycles. The molecule has 1 fully saturated rings. The van der Waals surface area contributed by atoms with Gasteiger partial charge in [0, 0.05) is 37.3 Å². The zero-order valence-electron chi connectivity index (χ0n) is 11.3. The molecule has 8 heteroatoms. The van der Waals surface area contributed by atoms with Gasteiger partial charge in [0.1, 0.15) is 11.6 Å². The molecular formula is C13H18F2N4O2. The van der Waals surface area contributed by atoms with E-state index >= 15 is 0 Å². The predicted molar refractivity (Wildman–Crippen MR) is 72.3 cm³/mol. The maximum absolute atomic E-state index is 13.4. The molecule has 2 amide bonds. The van der Waals surface area contributed by atoms with Gasteiger partial charge in [-0.2, -0.15) is 0 Å². The van der Waals surface area contributed by atoms with Crippen molar-refractivity contribution in [2.75, 3.05) is 19.6 Å². The van der Waals surface area contributed by atoms with Gasteiger partial charge in [0.05, 0.1) is 6.10 Å². The quantitative estimate of drug-likeness (QED) is 0.536. The van der Waals surface area contributed by atoms with Gasteiger partial charge in [0.25, 0.3) is 0 Å². The van der Waals surface area contributed by atoms with Crippen LogP contribution in [-0.4, -0.2) is 36.8 Å². The predicted octanol–water partition coefficient (Wildman–Crippen LogP) is 0.164. The maximum Gasteiger partial charge on any atom is 0.314 e. The van der Waals surface area contributed by atoms with Gasteiger partial charge < -0.3 is 15.7 Å².